The third kappa shape index (κ3) is 1.88. The summed E-state index contributed by atoms with van der Waals surface area (Å²) < 4.78 is 16.0. The van der Waals surface area contributed by atoms with Gasteiger partial charge in [-0.05, 0) is 17.7 Å². The van der Waals surface area contributed by atoms with E-state index < -0.39 is 16.7 Å². The second kappa shape index (κ2) is 6.20. The minimum Gasteiger partial charge on any atom is -0.493 e. The minimum absolute atomic E-state index is 0.0854. The maximum Gasteiger partial charge on any atom is 0.203 e. The molecule has 9 nitrogen and oxygen atoms in total. The highest BCUT2D eigenvalue weighted by atomic mass is 16.5. The number of nitrogens with zero attached hydrogens (tertiary/aromatic N) is 5. The molecule has 138 valence electrons. The smallest absolute Gasteiger partial charge is 0.203 e. The fraction of sp³-hybridized carbons (Fsp3) is 0.316. The van der Waals surface area contributed by atoms with Crippen LogP contribution in [0.25, 0.3) is 0 Å². The van der Waals surface area contributed by atoms with Crippen molar-refractivity contribution in [2.24, 2.45) is 21.6 Å². The molecule has 0 bridgehead atoms. The summed E-state index contributed by atoms with van der Waals surface area (Å²) in [6, 6.07) is 10.9. The fourth-order valence-electron chi connectivity index (χ4n) is 4.01. The molecule has 3 rings (SSSR count). The van der Waals surface area contributed by atoms with Crippen LogP contribution in [0, 0.1) is 56.2 Å². The second-order valence-corrected chi connectivity index (χ2v) is 6.18. The van der Waals surface area contributed by atoms with E-state index in [1.165, 1.54) is 21.3 Å². The van der Waals surface area contributed by atoms with E-state index in [9.17, 15) is 21.0 Å². The first kappa shape index (κ1) is 18.6. The molecule has 1 aliphatic heterocycles. The lowest BCUT2D eigenvalue weighted by molar-refractivity contribution is 0.323. The number of amidine groups is 1. The predicted octanol–water partition coefficient (Wildman–Crippen LogP) is 1.50. The van der Waals surface area contributed by atoms with Crippen LogP contribution in [-0.2, 0) is 0 Å². The maximum absolute atomic E-state index is 10.0. The van der Waals surface area contributed by atoms with Gasteiger partial charge in [0.2, 0.25) is 5.75 Å². The number of allylic oxidation sites excluding steroid dienone is 2. The monoisotopic (exact) mass is 374 g/mol. The molecule has 0 saturated heterocycles. The summed E-state index contributed by atoms with van der Waals surface area (Å²) in [6.45, 7) is 0. The van der Waals surface area contributed by atoms with Crippen LogP contribution in [0.3, 0.4) is 0 Å². The molecular formula is C19H14N6O3. The molecule has 0 aromatic heterocycles. The van der Waals surface area contributed by atoms with Crippen LogP contribution in [0.1, 0.15) is 11.5 Å². The molecule has 1 aliphatic carbocycles. The number of hydrogen-bond acceptors (Lipinski definition) is 9. The molecule has 1 aromatic rings. The third-order valence-electron chi connectivity index (χ3n) is 5.25. The summed E-state index contributed by atoms with van der Waals surface area (Å²) in [5.41, 5.74) is 3.08. The Morgan fingerprint density at radius 1 is 0.964 bits per heavy atom. The van der Waals surface area contributed by atoms with E-state index in [0.717, 1.165) is 0 Å². The number of aliphatic imine (C=N–C) groups is 1. The Bertz CT molecular complexity index is 1070. The van der Waals surface area contributed by atoms with Gasteiger partial charge in [0.25, 0.3) is 0 Å². The average molecular weight is 374 g/mol. The standard InChI is InChI=1S/C19H14N6O3/c1-26-12-4-10(5-13(27-2)14(12)28-3)15-18(8-22)16(11(6-20)7-21)25-17(24)19(15,18)9-23/h4-5,15H,1-3H3,(H2,24,25). The van der Waals surface area contributed by atoms with Crippen LogP contribution < -0.4 is 19.9 Å². The van der Waals surface area contributed by atoms with E-state index in [4.69, 9.17) is 19.9 Å². The predicted molar refractivity (Wildman–Crippen MR) is 94.8 cm³/mol. The SMILES string of the molecule is COc1cc(C2C3(C#N)C(N)=NC(=C(C#N)C#N)C23C#N)cc(OC)c1OC. The molecule has 1 heterocycles. The molecule has 3 unspecified atom stereocenters. The Kier molecular flexibility index (Phi) is 4.11. The van der Waals surface area contributed by atoms with Gasteiger partial charge in [0.15, 0.2) is 17.1 Å². The van der Waals surface area contributed by atoms with Crippen LogP contribution >= 0.6 is 0 Å². The van der Waals surface area contributed by atoms with Gasteiger partial charge in [-0.15, -0.1) is 0 Å². The number of nitrogens with two attached hydrogens (primary N) is 1. The van der Waals surface area contributed by atoms with E-state index in [-0.39, 0.29) is 17.1 Å². The van der Waals surface area contributed by atoms with Crippen molar-refractivity contribution in [3.8, 4) is 41.5 Å². The van der Waals surface area contributed by atoms with Crippen LogP contribution in [0.5, 0.6) is 17.2 Å². The topological polar surface area (TPSA) is 161 Å². The lowest BCUT2D eigenvalue weighted by Gasteiger charge is -2.15. The van der Waals surface area contributed by atoms with Gasteiger partial charge < -0.3 is 19.9 Å². The molecule has 2 aliphatic rings. The van der Waals surface area contributed by atoms with E-state index in [2.05, 4.69) is 17.1 Å². The van der Waals surface area contributed by atoms with E-state index in [1.54, 1.807) is 24.3 Å². The maximum atomic E-state index is 10.0. The largest absolute Gasteiger partial charge is 0.493 e. The molecule has 9 heteroatoms. The summed E-state index contributed by atoms with van der Waals surface area (Å²) in [4.78, 5) is 4.04. The molecule has 1 aromatic carbocycles. The number of fused-ring (bicyclic) bond motifs is 1. The lowest BCUT2D eigenvalue weighted by atomic mass is 9.92. The van der Waals surface area contributed by atoms with Gasteiger partial charge >= 0.3 is 0 Å². The van der Waals surface area contributed by atoms with Gasteiger partial charge in [-0.25, -0.2) is 4.99 Å². The van der Waals surface area contributed by atoms with Crippen LogP contribution in [-0.4, -0.2) is 27.2 Å². The quantitative estimate of drug-likeness (QED) is 0.775. The molecule has 0 spiro atoms. The Labute approximate surface area is 161 Å². The first-order valence-corrected chi connectivity index (χ1v) is 7.99. The molecule has 0 amide bonds. The summed E-state index contributed by atoms with van der Waals surface area (Å²) >= 11 is 0. The summed E-state index contributed by atoms with van der Waals surface area (Å²) in [6.07, 6.45) is 0. The van der Waals surface area contributed by atoms with Gasteiger partial charge in [-0.2, -0.15) is 21.0 Å². The Morgan fingerprint density at radius 2 is 1.50 bits per heavy atom. The van der Waals surface area contributed by atoms with E-state index >= 15 is 0 Å². The average Bonchev–Trinajstić information content (AvgIpc) is 3.28. The second-order valence-electron chi connectivity index (χ2n) is 6.18. The zero-order valence-corrected chi connectivity index (χ0v) is 15.3. The van der Waals surface area contributed by atoms with E-state index in [1.807, 2.05) is 0 Å². The summed E-state index contributed by atoms with van der Waals surface area (Å²) in [5.74, 6) is 0.166. The molecule has 28 heavy (non-hydrogen) atoms. The third-order valence-corrected chi connectivity index (χ3v) is 5.25. The zero-order chi connectivity index (χ0) is 20.7. The first-order chi connectivity index (χ1) is 13.5. The van der Waals surface area contributed by atoms with Crippen LogP contribution in [0.2, 0.25) is 0 Å². The van der Waals surface area contributed by atoms with Crippen molar-refractivity contribution in [3.63, 3.8) is 0 Å². The molecule has 2 N–H and O–H groups in total. The molecule has 0 radical (unpaired) electrons. The normalized spacial score (nSPS) is 26.5. The van der Waals surface area contributed by atoms with Crippen LogP contribution in [0.15, 0.2) is 28.4 Å². The number of ether oxygens (including phenoxy) is 3. The number of methoxy groups -OCH3 is 3. The van der Waals surface area contributed by atoms with Crippen molar-refractivity contribution in [3.05, 3.63) is 29.0 Å². The minimum atomic E-state index is -1.54. The van der Waals surface area contributed by atoms with Crippen molar-refractivity contribution in [2.45, 2.75) is 5.92 Å². The van der Waals surface area contributed by atoms with Gasteiger partial charge in [-0.3, -0.25) is 0 Å². The fourth-order valence-corrected chi connectivity index (χ4v) is 4.01. The van der Waals surface area contributed by atoms with Crippen molar-refractivity contribution in [2.75, 3.05) is 21.3 Å². The van der Waals surface area contributed by atoms with Gasteiger partial charge in [0.05, 0.1) is 39.2 Å². The number of benzene rings is 1. The first-order valence-electron chi connectivity index (χ1n) is 7.99. The molecular weight excluding hydrogens is 360 g/mol. The molecule has 1 saturated carbocycles. The molecule has 1 fully saturated rings. The van der Waals surface area contributed by atoms with Gasteiger partial charge in [0.1, 0.15) is 28.8 Å². The highest BCUT2D eigenvalue weighted by Crippen LogP contribution is 2.80. The summed E-state index contributed by atoms with van der Waals surface area (Å²) in [7, 11) is 4.34. The van der Waals surface area contributed by atoms with Crippen molar-refractivity contribution in [1.29, 1.82) is 21.0 Å². The lowest BCUT2D eigenvalue weighted by Crippen LogP contribution is -2.25. The number of nitriles is 4. The van der Waals surface area contributed by atoms with Crippen molar-refractivity contribution in [1.82, 2.24) is 0 Å². The summed E-state index contributed by atoms with van der Waals surface area (Å²) in [5, 5.41) is 38.5. The Hall–Kier alpha value is -4.21. The van der Waals surface area contributed by atoms with Crippen LogP contribution in [0.4, 0.5) is 0 Å². The number of hydrogen-bond donors (Lipinski definition) is 1. The Balaban J connectivity index is 2.32. The molecule has 3 atom stereocenters. The number of rotatable bonds is 4. The van der Waals surface area contributed by atoms with Crippen molar-refractivity contribution < 1.29 is 14.2 Å². The highest BCUT2D eigenvalue weighted by Gasteiger charge is 2.86. The van der Waals surface area contributed by atoms with Crippen molar-refractivity contribution >= 4 is 5.84 Å². The van der Waals surface area contributed by atoms with Gasteiger partial charge in [-0.1, -0.05) is 0 Å². The zero-order valence-electron chi connectivity index (χ0n) is 15.3. The Morgan fingerprint density at radius 3 is 1.89 bits per heavy atom. The highest BCUT2D eigenvalue weighted by molar-refractivity contribution is 6.03. The van der Waals surface area contributed by atoms with Gasteiger partial charge in [0, 0.05) is 5.92 Å². The van der Waals surface area contributed by atoms with E-state index in [0.29, 0.717) is 22.8 Å².